The molecule has 1 rings (SSSR count). The van der Waals surface area contributed by atoms with E-state index in [9.17, 15) is 0 Å². The summed E-state index contributed by atoms with van der Waals surface area (Å²) < 4.78 is 5.56. The first-order chi connectivity index (χ1) is 6.04. The van der Waals surface area contributed by atoms with E-state index in [2.05, 4.69) is 27.7 Å². The normalized spacial score (nSPS) is 29.5. The Morgan fingerprint density at radius 3 is 1.46 bits per heavy atom. The lowest BCUT2D eigenvalue weighted by Crippen LogP contribution is -2.26. The molecule has 1 heteroatoms. The molecule has 0 aromatic carbocycles. The minimum absolute atomic E-state index is 0.124. The summed E-state index contributed by atoms with van der Waals surface area (Å²) in [5, 5.41) is 0. The maximum atomic E-state index is 5.56. The van der Waals surface area contributed by atoms with Crippen LogP contribution in [0.1, 0.15) is 55.4 Å². The van der Waals surface area contributed by atoms with Gasteiger partial charge in [-0.05, 0) is 25.7 Å². The molecule has 0 aromatic rings. The molecule has 0 amide bonds. The zero-order valence-corrected chi connectivity index (χ0v) is 10.8. The van der Waals surface area contributed by atoms with Crippen LogP contribution in [0.15, 0.2) is 0 Å². The summed E-state index contributed by atoms with van der Waals surface area (Å²) in [6.07, 6.45) is 0. The van der Waals surface area contributed by atoms with Gasteiger partial charge in [0.2, 0.25) is 0 Å². The molecule has 1 aliphatic heterocycles. The molecule has 1 fully saturated rings. The van der Waals surface area contributed by atoms with Crippen LogP contribution in [0.25, 0.3) is 0 Å². The monoisotopic (exact) mass is 188 g/mol. The minimum atomic E-state index is 0.124. The average Bonchev–Trinajstić information content (AvgIpc) is 2.40. The van der Waals surface area contributed by atoms with Crippen molar-refractivity contribution < 1.29 is 4.74 Å². The van der Waals surface area contributed by atoms with E-state index in [4.69, 9.17) is 4.74 Å². The summed E-state index contributed by atoms with van der Waals surface area (Å²) in [5.41, 5.74) is 0.124. The summed E-state index contributed by atoms with van der Waals surface area (Å²) in [4.78, 5) is 0. The molecule has 2 atom stereocenters. The maximum Gasteiger partial charge on any atom is 0.0655 e. The first-order valence-corrected chi connectivity index (χ1v) is 5.68. The highest BCUT2D eigenvalue weighted by molar-refractivity contribution is 4.85. The minimum Gasteiger partial charge on any atom is -0.375 e. The molecule has 0 unspecified atom stereocenters. The van der Waals surface area contributed by atoms with Gasteiger partial charge in [-0.15, -0.1) is 0 Å². The van der Waals surface area contributed by atoms with E-state index in [1.807, 2.05) is 27.7 Å². The van der Waals surface area contributed by atoms with Crippen LogP contribution in [-0.2, 0) is 4.74 Å². The van der Waals surface area contributed by atoms with Crippen LogP contribution < -0.4 is 0 Å². The predicted octanol–water partition coefficient (Wildman–Crippen LogP) is 4.12. The number of rotatable bonds is 0. The van der Waals surface area contributed by atoms with Crippen molar-refractivity contribution in [3.05, 3.63) is 0 Å². The number of hydrogen-bond acceptors (Lipinski definition) is 1. The van der Waals surface area contributed by atoms with Crippen molar-refractivity contribution >= 4 is 0 Å². The van der Waals surface area contributed by atoms with Crippen molar-refractivity contribution in [1.29, 1.82) is 0 Å². The van der Waals surface area contributed by atoms with E-state index in [1.165, 1.54) is 0 Å². The van der Waals surface area contributed by atoms with Gasteiger partial charge >= 0.3 is 0 Å². The third-order valence-corrected chi connectivity index (χ3v) is 2.67. The Kier molecular flexibility index (Phi) is 8.75. The lowest BCUT2D eigenvalue weighted by molar-refractivity contribution is 0.0152. The van der Waals surface area contributed by atoms with Crippen molar-refractivity contribution in [2.75, 3.05) is 6.61 Å². The van der Waals surface area contributed by atoms with E-state index < -0.39 is 0 Å². The Morgan fingerprint density at radius 1 is 1.00 bits per heavy atom. The number of hydrogen-bond donors (Lipinski definition) is 0. The van der Waals surface area contributed by atoms with Gasteiger partial charge < -0.3 is 4.74 Å². The van der Waals surface area contributed by atoms with Crippen molar-refractivity contribution in [3.63, 3.8) is 0 Å². The molecule has 0 bridgehead atoms. The Balaban J connectivity index is 0. The van der Waals surface area contributed by atoms with Gasteiger partial charge in [0.25, 0.3) is 0 Å². The second-order valence-electron chi connectivity index (χ2n) is 3.68. The Bertz CT molecular complexity index is 108. The van der Waals surface area contributed by atoms with Crippen molar-refractivity contribution in [3.8, 4) is 0 Å². The fourth-order valence-electron chi connectivity index (χ4n) is 1.31. The lowest BCUT2D eigenvalue weighted by atomic mass is 9.86. The van der Waals surface area contributed by atoms with Gasteiger partial charge in [-0.3, -0.25) is 0 Å². The van der Waals surface area contributed by atoms with Gasteiger partial charge in [0, 0.05) is 0 Å². The van der Waals surface area contributed by atoms with Crippen LogP contribution in [0.3, 0.4) is 0 Å². The van der Waals surface area contributed by atoms with Gasteiger partial charge in [-0.2, -0.15) is 0 Å². The molecule has 0 N–H and O–H groups in total. The summed E-state index contributed by atoms with van der Waals surface area (Å²) in [7, 11) is 0. The fraction of sp³-hybridized carbons (Fsp3) is 1.00. The third-order valence-electron chi connectivity index (χ3n) is 2.67. The van der Waals surface area contributed by atoms with Gasteiger partial charge in [-0.1, -0.05) is 41.5 Å². The average molecular weight is 188 g/mol. The summed E-state index contributed by atoms with van der Waals surface area (Å²) in [6.45, 7) is 17.8. The van der Waals surface area contributed by atoms with Crippen molar-refractivity contribution in [1.82, 2.24) is 0 Å². The molecule has 1 aliphatic rings. The van der Waals surface area contributed by atoms with Gasteiger partial charge in [0.05, 0.1) is 12.2 Å². The molecule has 82 valence electrons. The highest BCUT2D eigenvalue weighted by Gasteiger charge is 2.37. The lowest BCUT2D eigenvalue weighted by Gasteiger charge is -2.23. The molecular weight excluding hydrogens is 160 g/mol. The van der Waals surface area contributed by atoms with Gasteiger partial charge in [0.1, 0.15) is 0 Å². The highest BCUT2D eigenvalue weighted by atomic mass is 16.5. The largest absolute Gasteiger partial charge is 0.375 e. The molecular formula is C12H28O. The van der Waals surface area contributed by atoms with Gasteiger partial charge in [0.15, 0.2) is 0 Å². The maximum absolute atomic E-state index is 5.56. The molecule has 1 heterocycles. The van der Waals surface area contributed by atoms with E-state index in [1.54, 1.807) is 0 Å². The molecule has 0 saturated carbocycles. The first kappa shape index (κ1) is 15.4. The highest BCUT2D eigenvalue weighted by Crippen LogP contribution is 2.34. The van der Waals surface area contributed by atoms with Crippen LogP contribution in [0.4, 0.5) is 0 Å². The first-order valence-electron chi connectivity index (χ1n) is 5.68. The van der Waals surface area contributed by atoms with Crippen LogP contribution in [0.5, 0.6) is 0 Å². The summed E-state index contributed by atoms with van der Waals surface area (Å²) in [6, 6.07) is 0. The van der Waals surface area contributed by atoms with E-state index in [0.29, 0.717) is 5.92 Å². The van der Waals surface area contributed by atoms with Gasteiger partial charge in [-0.25, -0.2) is 0 Å². The SMILES string of the molecule is CC.CC.C[C@H]1COC(C)(C)[C@H]1C. The van der Waals surface area contributed by atoms with Crippen LogP contribution in [0, 0.1) is 11.8 Å². The molecule has 1 nitrogen and oxygen atoms in total. The molecule has 0 aromatic heterocycles. The smallest absolute Gasteiger partial charge is 0.0655 e. The molecule has 13 heavy (non-hydrogen) atoms. The quantitative estimate of drug-likeness (QED) is 0.555. The van der Waals surface area contributed by atoms with Crippen molar-refractivity contribution in [2.45, 2.75) is 61.0 Å². The summed E-state index contributed by atoms with van der Waals surface area (Å²) in [5.74, 6) is 1.44. The molecule has 1 saturated heterocycles. The number of ether oxygens (including phenoxy) is 1. The van der Waals surface area contributed by atoms with Crippen LogP contribution in [0.2, 0.25) is 0 Å². The topological polar surface area (TPSA) is 9.23 Å². The van der Waals surface area contributed by atoms with E-state index >= 15 is 0 Å². The van der Waals surface area contributed by atoms with Crippen LogP contribution in [-0.4, -0.2) is 12.2 Å². The second-order valence-corrected chi connectivity index (χ2v) is 3.68. The molecule has 0 spiro atoms. The zero-order valence-electron chi connectivity index (χ0n) is 10.8. The fourth-order valence-corrected chi connectivity index (χ4v) is 1.31. The Labute approximate surface area is 84.9 Å². The zero-order chi connectivity index (χ0) is 11.1. The molecule has 0 aliphatic carbocycles. The van der Waals surface area contributed by atoms with E-state index in [-0.39, 0.29) is 5.60 Å². The standard InChI is InChI=1S/C8H16O.2C2H6/c1-6-5-9-8(3,4)7(6)2;2*1-2/h6-7H,5H2,1-4H3;2*1-2H3/t6-,7-;;/m0../s1. The Hall–Kier alpha value is -0.0400. The second kappa shape index (κ2) is 7.37. The predicted molar refractivity (Wildman–Crippen MR) is 61.1 cm³/mol. The van der Waals surface area contributed by atoms with Crippen molar-refractivity contribution in [2.24, 2.45) is 11.8 Å². The Morgan fingerprint density at radius 2 is 1.38 bits per heavy atom. The summed E-state index contributed by atoms with van der Waals surface area (Å²) >= 11 is 0. The third kappa shape index (κ3) is 4.66. The van der Waals surface area contributed by atoms with Crippen LogP contribution >= 0.6 is 0 Å². The molecule has 0 radical (unpaired) electrons. The van der Waals surface area contributed by atoms with E-state index in [0.717, 1.165) is 12.5 Å².